The van der Waals surface area contributed by atoms with Crippen LogP contribution in [0.15, 0.2) is 12.7 Å². The fourth-order valence-electron chi connectivity index (χ4n) is 1.99. The van der Waals surface area contributed by atoms with Crippen LogP contribution in [0.3, 0.4) is 0 Å². The van der Waals surface area contributed by atoms with Gasteiger partial charge in [-0.25, -0.2) is 0 Å². The molecule has 0 aliphatic carbocycles. The summed E-state index contributed by atoms with van der Waals surface area (Å²) in [4.78, 5) is 0. The Morgan fingerprint density at radius 2 is 1.17 bits per heavy atom. The highest BCUT2D eigenvalue weighted by Crippen LogP contribution is 2.20. The predicted octanol–water partition coefficient (Wildman–Crippen LogP) is 2.66. The molecule has 0 atom stereocenters. The first-order chi connectivity index (χ1) is 11.2. The van der Waals surface area contributed by atoms with Crippen molar-refractivity contribution in [1.82, 2.24) is 0 Å². The second-order valence-corrected chi connectivity index (χ2v) is 7.83. The first-order valence-electron chi connectivity index (χ1n) is 8.24. The lowest BCUT2D eigenvalue weighted by atomic mass is 10.2. The Kier molecular flexibility index (Phi) is 16.4. The van der Waals surface area contributed by atoms with Crippen LogP contribution in [-0.2, 0) is 27.5 Å². The Hall–Kier alpha value is -0.283. The molecule has 0 radical (unpaired) electrons. The molecule has 138 valence electrons. The smallest absolute Gasteiger partial charge is 0.382 e. The lowest BCUT2D eigenvalue weighted by molar-refractivity contribution is 0.0142. The lowest BCUT2D eigenvalue weighted by Gasteiger charge is -2.29. The first-order valence-corrected chi connectivity index (χ1v) is 10.2. The quantitative estimate of drug-likeness (QED) is 0.215. The highest BCUT2D eigenvalue weighted by atomic mass is 28.4. The van der Waals surface area contributed by atoms with Gasteiger partial charge < -0.3 is 27.5 Å². The summed E-state index contributed by atoms with van der Waals surface area (Å²) in [6, 6.07) is 0.793. The van der Waals surface area contributed by atoms with Crippen molar-refractivity contribution < 1.29 is 27.5 Å². The van der Waals surface area contributed by atoms with Crippen LogP contribution in [-0.4, -0.2) is 69.8 Å². The zero-order chi connectivity index (χ0) is 17.2. The minimum absolute atomic E-state index is 0.468. The Balaban J connectivity index is 4.54. The molecule has 6 nitrogen and oxygen atoms in total. The van der Waals surface area contributed by atoms with Crippen LogP contribution >= 0.6 is 0 Å². The molecule has 0 aromatic rings. The van der Waals surface area contributed by atoms with Crippen LogP contribution in [0.25, 0.3) is 0 Å². The Labute approximate surface area is 142 Å². The maximum atomic E-state index is 6.01. The summed E-state index contributed by atoms with van der Waals surface area (Å²) in [7, 11) is 2.22. The molecular weight excluding hydrogens is 316 g/mol. The van der Waals surface area contributed by atoms with E-state index in [1.807, 2.05) is 6.08 Å². The summed E-state index contributed by atoms with van der Waals surface area (Å²) in [6.07, 6.45) is 6.23. The van der Waals surface area contributed by atoms with Crippen molar-refractivity contribution in [2.24, 2.45) is 0 Å². The summed E-state index contributed by atoms with van der Waals surface area (Å²) in [5.41, 5.74) is 0. The van der Waals surface area contributed by atoms with E-state index in [1.165, 1.54) is 0 Å². The maximum absolute atomic E-state index is 6.01. The second kappa shape index (κ2) is 16.6. The lowest BCUT2D eigenvalue weighted by Crippen LogP contribution is -2.48. The van der Waals surface area contributed by atoms with Crippen LogP contribution in [0, 0.1) is 0 Å². The van der Waals surface area contributed by atoms with E-state index >= 15 is 0 Å². The molecule has 0 fully saturated rings. The molecule has 7 heteroatoms. The molecule has 0 bridgehead atoms. The van der Waals surface area contributed by atoms with E-state index in [0.29, 0.717) is 39.6 Å². The van der Waals surface area contributed by atoms with Gasteiger partial charge in [-0.05, 0) is 19.3 Å². The van der Waals surface area contributed by atoms with Crippen molar-refractivity contribution in [3.8, 4) is 0 Å². The van der Waals surface area contributed by atoms with Gasteiger partial charge in [-0.15, -0.1) is 6.58 Å². The van der Waals surface area contributed by atoms with Crippen molar-refractivity contribution in [3.05, 3.63) is 12.7 Å². The van der Waals surface area contributed by atoms with E-state index in [-0.39, 0.29) is 0 Å². The van der Waals surface area contributed by atoms with Crippen LogP contribution in [0.1, 0.15) is 25.7 Å². The number of methoxy groups -OCH3 is 3. The van der Waals surface area contributed by atoms with Crippen molar-refractivity contribution in [2.75, 3.05) is 61.0 Å². The van der Waals surface area contributed by atoms with Gasteiger partial charge in [0.2, 0.25) is 0 Å². The van der Waals surface area contributed by atoms with Gasteiger partial charge in [0, 0.05) is 27.4 Å². The van der Waals surface area contributed by atoms with E-state index in [4.69, 9.17) is 27.5 Å². The van der Waals surface area contributed by atoms with Crippen LogP contribution in [0.5, 0.6) is 0 Å². The number of hydrogen-bond acceptors (Lipinski definition) is 6. The Morgan fingerprint density at radius 3 is 1.57 bits per heavy atom. The van der Waals surface area contributed by atoms with Gasteiger partial charge in [-0.2, -0.15) is 0 Å². The molecule has 0 N–H and O–H groups in total. The average Bonchev–Trinajstić information content (AvgIpc) is 2.55. The number of unbranched alkanes of at least 4 members (excludes halogenated alkanes) is 3. The largest absolute Gasteiger partial charge is 0.501 e. The molecule has 0 aliphatic rings. The normalized spacial score (nSPS) is 11.8. The van der Waals surface area contributed by atoms with E-state index in [1.54, 1.807) is 21.3 Å². The third kappa shape index (κ3) is 12.8. The third-order valence-electron chi connectivity index (χ3n) is 3.22. The fraction of sp³-hybridized carbons (Fsp3) is 0.875. The van der Waals surface area contributed by atoms with E-state index in [9.17, 15) is 0 Å². The zero-order valence-electron chi connectivity index (χ0n) is 15.0. The van der Waals surface area contributed by atoms with Gasteiger partial charge in [-0.1, -0.05) is 12.5 Å². The molecule has 0 saturated carbocycles. The third-order valence-corrected chi connectivity index (χ3v) is 6.12. The second-order valence-electron chi connectivity index (χ2n) is 5.09. The molecule has 0 amide bonds. The maximum Gasteiger partial charge on any atom is 0.501 e. The average molecular weight is 351 g/mol. The molecular formula is C16H34O6Si. The van der Waals surface area contributed by atoms with Gasteiger partial charge in [0.15, 0.2) is 0 Å². The van der Waals surface area contributed by atoms with Gasteiger partial charge in [0.1, 0.15) is 0 Å². The summed E-state index contributed by atoms with van der Waals surface area (Å²) in [5, 5.41) is 0. The number of hydrogen-bond donors (Lipinski definition) is 0. The molecule has 0 rings (SSSR count). The molecule has 23 heavy (non-hydrogen) atoms. The van der Waals surface area contributed by atoms with E-state index in [2.05, 4.69) is 6.58 Å². The van der Waals surface area contributed by atoms with Crippen molar-refractivity contribution in [3.63, 3.8) is 0 Å². The molecule has 0 unspecified atom stereocenters. The minimum atomic E-state index is -2.73. The summed E-state index contributed by atoms with van der Waals surface area (Å²) in [6.45, 7) is 6.71. The standard InChI is InChI=1S/C16H34O6Si/c1-5-6-7-8-9-16-23(20-13-10-17-2,21-14-11-18-3)22-15-12-19-4/h5H,1,6-16H2,2-4H3. The van der Waals surface area contributed by atoms with Crippen LogP contribution in [0.2, 0.25) is 6.04 Å². The highest BCUT2D eigenvalue weighted by molar-refractivity contribution is 6.60. The topological polar surface area (TPSA) is 55.4 Å². The fourth-order valence-corrected chi connectivity index (χ4v) is 4.54. The minimum Gasteiger partial charge on any atom is -0.382 e. The summed E-state index contributed by atoms with van der Waals surface area (Å²) < 4.78 is 33.2. The van der Waals surface area contributed by atoms with Crippen molar-refractivity contribution in [2.45, 2.75) is 31.7 Å². The highest BCUT2D eigenvalue weighted by Gasteiger charge is 2.40. The van der Waals surface area contributed by atoms with Crippen LogP contribution < -0.4 is 0 Å². The molecule has 0 heterocycles. The summed E-state index contributed by atoms with van der Waals surface area (Å²) >= 11 is 0. The monoisotopic (exact) mass is 350 g/mol. The van der Waals surface area contributed by atoms with Crippen molar-refractivity contribution >= 4 is 8.80 Å². The van der Waals surface area contributed by atoms with Gasteiger partial charge in [-0.3, -0.25) is 0 Å². The summed E-state index contributed by atoms with van der Waals surface area (Å²) in [5.74, 6) is 0. The van der Waals surface area contributed by atoms with Gasteiger partial charge in [0.05, 0.1) is 39.6 Å². The van der Waals surface area contributed by atoms with E-state index in [0.717, 1.165) is 31.7 Å². The molecule has 0 aromatic heterocycles. The number of allylic oxidation sites excluding steroid dienone is 1. The van der Waals surface area contributed by atoms with Gasteiger partial charge in [0.25, 0.3) is 0 Å². The molecule has 0 saturated heterocycles. The predicted molar refractivity (Wildman–Crippen MR) is 92.7 cm³/mol. The first kappa shape index (κ1) is 22.7. The molecule has 0 aromatic carbocycles. The Morgan fingerprint density at radius 1 is 0.696 bits per heavy atom. The van der Waals surface area contributed by atoms with Crippen molar-refractivity contribution in [1.29, 1.82) is 0 Å². The Bertz CT molecular complexity index is 238. The van der Waals surface area contributed by atoms with Gasteiger partial charge >= 0.3 is 8.80 Å². The van der Waals surface area contributed by atoms with E-state index < -0.39 is 8.80 Å². The number of rotatable bonds is 18. The SMILES string of the molecule is C=CCCCCC[Si](OCCOC)(OCCOC)OCCOC. The molecule has 0 aliphatic heterocycles. The zero-order valence-corrected chi connectivity index (χ0v) is 16.0. The van der Waals surface area contributed by atoms with Crippen LogP contribution in [0.4, 0.5) is 0 Å². The molecule has 0 spiro atoms. The number of ether oxygens (including phenoxy) is 3.